The molecular formula is C21H22N2O4. The number of ether oxygens (including phenoxy) is 1. The summed E-state index contributed by atoms with van der Waals surface area (Å²) in [5, 5.41) is 5.53. The number of amides is 2. The lowest BCUT2D eigenvalue weighted by atomic mass is 10.0. The van der Waals surface area contributed by atoms with Crippen LogP contribution in [0.2, 0.25) is 0 Å². The van der Waals surface area contributed by atoms with Gasteiger partial charge in [-0.05, 0) is 51.0 Å². The van der Waals surface area contributed by atoms with E-state index >= 15 is 0 Å². The molecule has 0 atom stereocenters. The van der Waals surface area contributed by atoms with Crippen LogP contribution in [-0.2, 0) is 14.3 Å². The monoisotopic (exact) mass is 366 g/mol. The van der Waals surface area contributed by atoms with Crippen molar-refractivity contribution in [3.05, 3.63) is 59.7 Å². The van der Waals surface area contributed by atoms with Crippen molar-refractivity contribution in [3.8, 4) is 0 Å². The Balaban J connectivity index is 1.73. The predicted octanol–water partition coefficient (Wildman–Crippen LogP) is 3.53. The standard InChI is InChI=1S/C21H22N2O4/c1-3-27-18(24)16-6-4-5-7-17(16)23-20(26)21(12-13-21)19(25)22-15-10-8-14(2)9-11-15/h4-11H,3,12-13H2,1-2H3,(H,22,25)(H,23,26). The Morgan fingerprint density at radius 1 is 0.963 bits per heavy atom. The van der Waals surface area contributed by atoms with Crippen LogP contribution in [0.25, 0.3) is 0 Å². The summed E-state index contributed by atoms with van der Waals surface area (Å²) in [6, 6.07) is 14.0. The lowest BCUT2D eigenvalue weighted by Crippen LogP contribution is -2.36. The minimum atomic E-state index is -1.10. The number of benzene rings is 2. The highest BCUT2D eigenvalue weighted by Gasteiger charge is 2.56. The number of esters is 1. The highest BCUT2D eigenvalue weighted by atomic mass is 16.5. The van der Waals surface area contributed by atoms with Gasteiger partial charge >= 0.3 is 5.97 Å². The number of carbonyl (C=O) groups excluding carboxylic acids is 3. The highest BCUT2D eigenvalue weighted by Crippen LogP contribution is 2.47. The number of anilines is 2. The quantitative estimate of drug-likeness (QED) is 0.605. The maximum Gasteiger partial charge on any atom is 0.340 e. The van der Waals surface area contributed by atoms with E-state index < -0.39 is 17.3 Å². The van der Waals surface area contributed by atoms with E-state index in [2.05, 4.69) is 10.6 Å². The Bertz CT molecular complexity index is 870. The van der Waals surface area contributed by atoms with Gasteiger partial charge in [-0.15, -0.1) is 0 Å². The van der Waals surface area contributed by atoms with Gasteiger partial charge in [0.05, 0.1) is 17.9 Å². The Labute approximate surface area is 157 Å². The van der Waals surface area contributed by atoms with E-state index in [1.807, 2.05) is 19.1 Å². The zero-order valence-corrected chi connectivity index (χ0v) is 15.4. The molecule has 1 saturated carbocycles. The first-order chi connectivity index (χ1) is 13.0. The second-order valence-electron chi connectivity index (χ2n) is 6.62. The van der Waals surface area contributed by atoms with Crippen LogP contribution < -0.4 is 10.6 Å². The molecule has 2 aromatic rings. The van der Waals surface area contributed by atoms with E-state index in [1.54, 1.807) is 43.3 Å². The number of carbonyl (C=O) groups is 3. The molecule has 6 heteroatoms. The first-order valence-corrected chi connectivity index (χ1v) is 8.92. The second kappa shape index (κ2) is 7.61. The topological polar surface area (TPSA) is 84.5 Å². The van der Waals surface area contributed by atoms with E-state index in [0.717, 1.165) is 5.56 Å². The summed E-state index contributed by atoms with van der Waals surface area (Å²) >= 11 is 0. The van der Waals surface area contributed by atoms with Gasteiger partial charge in [-0.3, -0.25) is 9.59 Å². The summed E-state index contributed by atoms with van der Waals surface area (Å²) < 4.78 is 5.02. The van der Waals surface area contributed by atoms with Gasteiger partial charge in [-0.1, -0.05) is 29.8 Å². The molecular weight excluding hydrogens is 344 g/mol. The lowest BCUT2D eigenvalue weighted by Gasteiger charge is -2.17. The van der Waals surface area contributed by atoms with Crippen LogP contribution in [0.1, 0.15) is 35.7 Å². The van der Waals surface area contributed by atoms with E-state index in [0.29, 0.717) is 24.2 Å². The molecule has 0 aliphatic heterocycles. The minimum absolute atomic E-state index is 0.240. The van der Waals surface area contributed by atoms with Crippen molar-refractivity contribution in [2.75, 3.05) is 17.2 Å². The number of nitrogens with one attached hydrogen (secondary N) is 2. The van der Waals surface area contributed by atoms with Gasteiger partial charge in [0.25, 0.3) is 0 Å². The molecule has 0 spiro atoms. The van der Waals surface area contributed by atoms with Crippen molar-refractivity contribution < 1.29 is 19.1 Å². The molecule has 3 rings (SSSR count). The molecule has 1 aliphatic carbocycles. The smallest absolute Gasteiger partial charge is 0.340 e. The Hall–Kier alpha value is -3.15. The molecule has 0 saturated heterocycles. The molecule has 27 heavy (non-hydrogen) atoms. The number of hydrogen-bond acceptors (Lipinski definition) is 4. The summed E-state index contributed by atoms with van der Waals surface area (Å²) in [7, 11) is 0. The third-order valence-electron chi connectivity index (χ3n) is 4.60. The normalized spacial score (nSPS) is 14.1. The highest BCUT2D eigenvalue weighted by molar-refractivity contribution is 6.17. The Morgan fingerprint density at radius 2 is 1.59 bits per heavy atom. The van der Waals surface area contributed by atoms with E-state index in [4.69, 9.17) is 4.74 Å². The van der Waals surface area contributed by atoms with Gasteiger partial charge in [0.15, 0.2) is 0 Å². The molecule has 0 heterocycles. The number of para-hydroxylation sites is 1. The zero-order chi connectivity index (χ0) is 19.4. The van der Waals surface area contributed by atoms with Crippen LogP contribution in [-0.4, -0.2) is 24.4 Å². The summed E-state index contributed by atoms with van der Waals surface area (Å²) in [5.74, 6) is -1.26. The van der Waals surface area contributed by atoms with E-state index in [-0.39, 0.29) is 18.1 Å². The fourth-order valence-electron chi connectivity index (χ4n) is 2.79. The fourth-order valence-corrected chi connectivity index (χ4v) is 2.79. The summed E-state index contributed by atoms with van der Waals surface area (Å²) in [5.41, 5.74) is 1.24. The molecule has 2 amide bonds. The summed E-state index contributed by atoms with van der Waals surface area (Å²) in [4.78, 5) is 37.5. The van der Waals surface area contributed by atoms with Gasteiger partial charge in [-0.2, -0.15) is 0 Å². The molecule has 140 valence electrons. The molecule has 0 aromatic heterocycles. The summed E-state index contributed by atoms with van der Waals surface area (Å²) in [6.07, 6.45) is 0.941. The number of aryl methyl sites for hydroxylation is 1. The average molecular weight is 366 g/mol. The van der Waals surface area contributed by atoms with Gasteiger partial charge in [0.1, 0.15) is 5.41 Å². The SMILES string of the molecule is CCOC(=O)c1ccccc1NC(=O)C1(C(=O)Nc2ccc(C)cc2)CC1. The van der Waals surface area contributed by atoms with Crippen molar-refractivity contribution in [1.82, 2.24) is 0 Å². The molecule has 1 aliphatic rings. The van der Waals surface area contributed by atoms with Crippen molar-refractivity contribution in [1.29, 1.82) is 0 Å². The zero-order valence-electron chi connectivity index (χ0n) is 15.4. The molecule has 2 aromatic carbocycles. The van der Waals surface area contributed by atoms with Crippen LogP contribution in [0.5, 0.6) is 0 Å². The Kier molecular flexibility index (Phi) is 5.26. The van der Waals surface area contributed by atoms with Gasteiger partial charge in [-0.25, -0.2) is 4.79 Å². The van der Waals surface area contributed by atoms with E-state index in [1.165, 1.54) is 0 Å². The largest absolute Gasteiger partial charge is 0.462 e. The fraction of sp³-hybridized carbons (Fsp3) is 0.286. The van der Waals surface area contributed by atoms with Crippen LogP contribution in [0.15, 0.2) is 48.5 Å². The van der Waals surface area contributed by atoms with Crippen LogP contribution in [0.4, 0.5) is 11.4 Å². The van der Waals surface area contributed by atoms with Crippen molar-refractivity contribution in [2.45, 2.75) is 26.7 Å². The van der Waals surface area contributed by atoms with E-state index in [9.17, 15) is 14.4 Å². The third-order valence-corrected chi connectivity index (χ3v) is 4.60. The molecule has 2 N–H and O–H groups in total. The number of hydrogen-bond donors (Lipinski definition) is 2. The molecule has 0 bridgehead atoms. The van der Waals surface area contributed by atoms with Crippen LogP contribution in [0.3, 0.4) is 0 Å². The molecule has 1 fully saturated rings. The van der Waals surface area contributed by atoms with Crippen molar-refractivity contribution >= 4 is 29.2 Å². The second-order valence-corrected chi connectivity index (χ2v) is 6.62. The molecule has 0 unspecified atom stereocenters. The summed E-state index contributed by atoms with van der Waals surface area (Å²) in [6.45, 7) is 3.92. The van der Waals surface area contributed by atoms with Crippen molar-refractivity contribution in [2.24, 2.45) is 5.41 Å². The molecule has 0 radical (unpaired) electrons. The third kappa shape index (κ3) is 4.00. The minimum Gasteiger partial charge on any atom is -0.462 e. The average Bonchev–Trinajstić information content (AvgIpc) is 3.46. The Morgan fingerprint density at radius 3 is 2.22 bits per heavy atom. The maximum atomic E-state index is 12.8. The first-order valence-electron chi connectivity index (χ1n) is 8.92. The lowest BCUT2D eigenvalue weighted by molar-refractivity contribution is -0.131. The maximum absolute atomic E-state index is 12.8. The van der Waals surface area contributed by atoms with Gasteiger partial charge < -0.3 is 15.4 Å². The van der Waals surface area contributed by atoms with Gasteiger partial charge in [0, 0.05) is 5.69 Å². The van der Waals surface area contributed by atoms with Crippen LogP contribution in [0, 0.1) is 12.3 Å². The van der Waals surface area contributed by atoms with Crippen LogP contribution >= 0.6 is 0 Å². The predicted molar refractivity (Wildman–Crippen MR) is 103 cm³/mol. The van der Waals surface area contributed by atoms with Crippen molar-refractivity contribution in [3.63, 3.8) is 0 Å². The van der Waals surface area contributed by atoms with Gasteiger partial charge in [0.2, 0.25) is 11.8 Å². The first kappa shape index (κ1) is 18.6. The molecule has 6 nitrogen and oxygen atoms in total. The number of rotatable bonds is 6.